The average Bonchev–Trinajstić information content (AvgIpc) is 4.28. The van der Waals surface area contributed by atoms with Crippen molar-refractivity contribution in [2.75, 3.05) is 0 Å². The molecule has 0 bridgehead atoms. The zero-order chi connectivity index (χ0) is 52.0. The van der Waals surface area contributed by atoms with E-state index in [9.17, 15) is 5.26 Å². The summed E-state index contributed by atoms with van der Waals surface area (Å²) in [6.07, 6.45) is 0.945. The van der Waals surface area contributed by atoms with Crippen LogP contribution >= 0.6 is 45.4 Å². The van der Waals surface area contributed by atoms with E-state index in [2.05, 4.69) is 242 Å². The van der Waals surface area contributed by atoms with Gasteiger partial charge in [-0.2, -0.15) is 18.8 Å². The highest BCUT2D eigenvalue weighted by Gasteiger charge is 2.26. The number of aromatic nitrogens is 4. The van der Waals surface area contributed by atoms with Crippen LogP contribution in [0.25, 0.3) is 114 Å². The van der Waals surface area contributed by atoms with E-state index in [1.165, 1.54) is 55.1 Å². The Morgan fingerprint density at radius 1 is 0.547 bits per heavy atom. The molecular weight excluding hydrogens is 1180 g/mol. The molecule has 6 N–H and O–H groups in total. The second-order valence-corrected chi connectivity index (χ2v) is 20.2. The Kier molecular flexibility index (Phi) is 17.9. The summed E-state index contributed by atoms with van der Waals surface area (Å²) in [5.74, 6) is 0. The summed E-state index contributed by atoms with van der Waals surface area (Å²) in [4.78, 5) is 17.8. The number of hydrogen-bond acceptors (Lipinski definition) is 7. The Labute approximate surface area is 478 Å². The van der Waals surface area contributed by atoms with Crippen molar-refractivity contribution in [2.45, 2.75) is 13.3 Å². The second-order valence-electron chi connectivity index (χ2n) is 16.8. The van der Waals surface area contributed by atoms with Crippen molar-refractivity contribution in [1.29, 1.82) is 5.26 Å². The zero-order valence-electron chi connectivity index (χ0n) is 39.5. The predicted octanol–water partition coefficient (Wildman–Crippen LogP) is 15.2. The van der Waals surface area contributed by atoms with E-state index in [0.717, 1.165) is 90.3 Å². The Hall–Kier alpha value is -6.45. The minimum atomic E-state index is -1.56. The summed E-state index contributed by atoms with van der Waals surface area (Å²) >= 11 is 23.2. The smallest absolute Gasteiger partial charge is 0.424 e. The van der Waals surface area contributed by atoms with Crippen molar-refractivity contribution >= 4 is 204 Å². The number of para-hydroxylation sites is 5. The standard InChI is InChI=1S/C33H23N3.C18H10Br2N2.C7H6BNO2.S3.S2.H2S/c1-2-20-11-3-5-13-22(20)28-30-24-15-7-9-17-26(24)36-33(30)29(23-14-6-4-12-21(23)19-34)31-25-16-8-10-18-27(25)35-32(28)31;19-15-13-9-5-1-3-7-11(9)21-17(13)16(20)14-10-6-2-4-8-12(10)22-18(14)15;1-9-7-5-3-2-4-6(7)8(10)11;1-3-2;1-2;/h3-18,35-36H,2H2,1H3;1-8,21-22H;2-5,10-11H;;;1H2. The Balaban J connectivity index is 0.000000162. The van der Waals surface area contributed by atoms with Crippen LogP contribution in [0.15, 0.2) is 179 Å². The molecule has 0 unspecified atom stereocenters. The van der Waals surface area contributed by atoms with Gasteiger partial charge < -0.3 is 30.0 Å². The number of rotatable bonds is 4. The van der Waals surface area contributed by atoms with E-state index in [0.29, 0.717) is 5.56 Å². The molecule has 13 rings (SSSR count). The van der Waals surface area contributed by atoms with E-state index in [-0.39, 0.29) is 24.6 Å². The Bertz CT molecular complexity index is 4300. The molecule has 4 aromatic heterocycles. The Morgan fingerprint density at radius 2 is 0.907 bits per heavy atom. The molecule has 0 aliphatic carbocycles. The van der Waals surface area contributed by atoms with Crippen LogP contribution in [0.2, 0.25) is 0 Å². The second kappa shape index (κ2) is 24.5. The number of halogens is 2. The van der Waals surface area contributed by atoms with Crippen LogP contribution in [-0.4, -0.2) is 37.1 Å². The molecule has 0 spiro atoms. The van der Waals surface area contributed by atoms with Crippen LogP contribution in [0.5, 0.6) is 0 Å². The summed E-state index contributed by atoms with van der Waals surface area (Å²) in [5, 5.41) is 37.1. The van der Waals surface area contributed by atoms with Crippen LogP contribution in [0.1, 0.15) is 18.1 Å². The lowest BCUT2D eigenvalue weighted by atomic mass is 9.79. The lowest BCUT2D eigenvalue weighted by Crippen LogP contribution is -2.29. The van der Waals surface area contributed by atoms with Gasteiger partial charge in [0.15, 0.2) is 5.69 Å². The van der Waals surface area contributed by atoms with Crippen LogP contribution in [0.4, 0.5) is 5.69 Å². The van der Waals surface area contributed by atoms with Crippen LogP contribution in [-0.2, 0) is 60.1 Å². The van der Waals surface area contributed by atoms with E-state index in [1.54, 1.807) is 18.2 Å². The fourth-order valence-corrected chi connectivity index (χ4v) is 11.4. The maximum Gasteiger partial charge on any atom is 0.476 e. The van der Waals surface area contributed by atoms with E-state index >= 15 is 0 Å². The quantitative estimate of drug-likeness (QED) is 0.0764. The highest BCUT2D eigenvalue weighted by molar-refractivity contribution is 9.11. The summed E-state index contributed by atoms with van der Waals surface area (Å²) in [5.41, 5.74) is 15.9. The highest BCUT2D eigenvalue weighted by Crippen LogP contribution is 2.50. The molecule has 0 atom stereocenters. The van der Waals surface area contributed by atoms with Gasteiger partial charge >= 0.3 is 7.12 Å². The molecule has 0 aliphatic heterocycles. The molecule has 0 saturated heterocycles. The summed E-state index contributed by atoms with van der Waals surface area (Å²) < 4.78 is 2.21. The molecule has 0 aliphatic rings. The largest absolute Gasteiger partial charge is 0.476 e. The first kappa shape index (κ1) is 54.8. The molecule has 0 fully saturated rings. The average molecular weight is 1220 g/mol. The van der Waals surface area contributed by atoms with Gasteiger partial charge in [0, 0.05) is 135 Å². The van der Waals surface area contributed by atoms with Crippen molar-refractivity contribution in [2.24, 2.45) is 0 Å². The first-order valence-corrected chi connectivity index (χ1v) is 28.5. The van der Waals surface area contributed by atoms with Crippen LogP contribution < -0.4 is 5.46 Å². The van der Waals surface area contributed by atoms with Gasteiger partial charge in [0.1, 0.15) is 0 Å². The lowest BCUT2D eigenvalue weighted by molar-refractivity contribution is 0.426. The fourth-order valence-electron chi connectivity index (χ4n) is 9.96. The maximum absolute atomic E-state index is 10.1. The molecule has 368 valence electrons. The fraction of sp³-hybridized carbons (Fsp3) is 0.0345. The molecule has 0 radical (unpaired) electrons. The SMILES string of the molecule is Brc1c2[nH]c3ccccc3c2c(Br)c2[nH]c3ccccc3c12.CCc1ccccc1-c1c2[nH]c3ccccc3c2c(-c2ccccc2C#N)c2[nH]c3ccccc3c12.S.S=S.S=S=S.[C-]#[N+]c1ccccc1B(O)O. The first-order valence-electron chi connectivity index (χ1n) is 23.0. The van der Waals surface area contributed by atoms with E-state index in [1.807, 2.05) is 18.2 Å². The van der Waals surface area contributed by atoms with Gasteiger partial charge in [-0.05, 0) is 85.2 Å². The molecule has 9 aromatic carbocycles. The molecule has 13 aromatic rings. The number of nitrogens with one attached hydrogen (secondary N) is 4. The topological polar surface area (TPSA) is 132 Å². The predicted molar refractivity (Wildman–Crippen MR) is 340 cm³/mol. The molecule has 0 amide bonds. The number of aryl methyl sites for hydroxylation is 1. The van der Waals surface area contributed by atoms with Crippen molar-refractivity contribution in [3.63, 3.8) is 0 Å². The van der Waals surface area contributed by atoms with E-state index < -0.39 is 7.12 Å². The Morgan fingerprint density at radius 3 is 1.33 bits per heavy atom. The molecule has 0 saturated carbocycles. The molecule has 17 heteroatoms. The van der Waals surface area contributed by atoms with Gasteiger partial charge in [0.2, 0.25) is 0 Å². The number of nitrogens with zero attached hydrogens (tertiary/aromatic N) is 2. The van der Waals surface area contributed by atoms with Crippen LogP contribution in [0, 0.1) is 17.9 Å². The van der Waals surface area contributed by atoms with Gasteiger partial charge in [0.25, 0.3) is 0 Å². The van der Waals surface area contributed by atoms with Crippen molar-refractivity contribution in [1.82, 2.24) is 19.9 Å². The zero-order valence-corrected chi connectivity index (χ0v) is 47.8. The van der Waals surface area contributed by atoms with Crippen molar-refractivity contribution in [3.8, 4) is 28.3 Å². The summed E-state index contributed by atoms with van der Waals surface area (Å²) in [7, 11) is -0.639. The molecule has 4 heterocycles. The van der Waals surface area contributed by atoms with Gasteiger partial charge in [-0.15, -0.1) is 0 Å². The lowest BCUT2D eigenvalue weighted by Gasteiger charge is -2.16. The molecule has 8 nitrogen and oxygen atoms in total. The minimum Gasteiger partial charge on any atom is -0.424 e. The van der Waals surface area contributed by atoms with Gasteiger partial charge in [-0.1, -0.05) is 146 Å². The van der Waals surface area contributed by atoms with Crippen molar-refractivity contribution in [3.05, 3.63) is 201 Å². The number of benzene rings is 9. The van der Waals surface area contributed by atoms with Crippen molar-refractivity contribution < 1.29 is 10.0 Å². The monoisotopic (exact) mass is 1210 g/mol. The van der Waals surface area contributed by atoms with E-state index in [4.69, 9.17) is 16.6 Å². The van der Waals surface area contributed by atoms with Gasteiger partial charge in [0.05, 0.1) is 49.2 Å². The third-order valence-corrected chi connectivity index (χ3v) is 14.6. The first-order chi connectivity index (χ1) is 36.2. The number of aromatic amines is 4. The maximum atomic E-state index is 10.1. The summed E-state index contributed by atoms with van der Waals surface area (Å²) in [6.45, 7) is 8.89. The highest BCUT2D eigenvalue weighted by atomic mass is 79.9. The third kappa shape index (κ3) is 10.2. The number of nitriles is 1. The normalized spacial score (nSPS) is 10.6. The number of fused-ring (bicyclic) bond motifs is 12. The summed E-state index contributed by atoms with van der Waals surface area (Å²) in [6, 6.07) is 59.2. The third-order valence-electron chi connectivity index (χ3n) is 13.0. The molecule has 75 heavy (non-hydrogen) atoms. The van der Waals surface area contributed by atoms with Gasteiger partial charge in [-0.3, -0.25) is 0 Å². The van der Waals surface area contributed by atoms with Crippen LogP contribution in [0.3, 0.4) is 0 Å². The van der Waals surface area contributed by atoms with Gasteiger partial charge in [-0.25, -0.2) is 4.85 Å². The minimum absolute atomic E-state index is 0. The number of hydrogen-bond donors (Lipinski definition) is 6. The number of H-pyrrole nitrogens is 4. The molecular formula is C58H41BBr2N6O2S6.